The average molecular weight is 1470 g/mol. The Morgan fingerprint density at radius 1 is 0.228 bits per heavy atom. The summed E-state index contributed by atoms with van der Waals surface area (Å²) in [5, 5.41) is 16.6. The van der Waals surface area contributed by atoms with Gasteiger partial charge in [0.25, 0.3) is 0 Å². The van der Waals surface area contributed by atoms with E-state index < -0.39 is 0 Å². The van der Waals surface area contributed by atoms with Gasteiger partial charge in [-0.1, -0.05) is 285 Å². The Kier molecular flexibility index (Phi) is 13.3. The number of furan rings is 1. The fourth-order valence-corrected chi connectivity index (χ4v) is 19.9. The molecule has 0 saturated heterocycles. The lowest BCUT2D eigenvalue weighted by atomic mass is 10.00. The lowest BCUT2D eigenvalue weighted by Crippen LogP contribution is -2.03. The van der Waals surface area contributed by atoms with Crippen LogP contribution in [0.15, 0.2) is 368 Å². The molecule has 0 bridgehead atoms. The van der Waals surface area contributed by atoms with Gasteiger partial charge in [-0.15, -0.1) is 11.3 Å². The minimum Gasteiger partial charge on any atom is -0.452 e. The van der Waals surface area contributed by atoms with Crippen molar-refractivity contribution in [3.8, 4) is 78.9 Å². The highest BCUT2D eigenvalue weighted by atomic mass is 32.1. The number of para-hydroxylation sites is 5. The second-order valence-electron chi connectivity index (χ2n) is 29.9. The molecule has 10 heterocycles. The molecule has 9 nitrogen and oxygen atoms in total. The number of thiophene rings is 1. The Morgan fingerprint density at radius 2 is 0.579 bits per heavy atom. The van der Waals surface area contributed by atoms with Crippen molar-refractivity contribution in [1.29, 1.82) is 0 Å². The molecule has 0 amide bonds. The molecular weight excluding hydrogens is 1410 g/mol. The van der Waals surface area contributed by atoms with Crippen LogP contribution in [0.2, 0.25) is 0 Å². The van der Waals surface area contributed by atoms with Crippen molar-refractivity contribution in [3.05, 3.63) is 364 Å². The van der Waals surface area contributed by atoms with E-state index in [-0.39, 0.29) is 0 Å². The molecule has 10 aromatic heterocycles. The number of benzene rings is 16. The molecule has 0 saturated carbocycles. The van der Waals surface area contributed by atoms with Crippen LogP contribution in [-0.2, 0) is 0 Å². The molecule has 26 rings (SSSR count). The number of nitrogens with zero attached hydrogens (tertiary/aromatic N) is 8. The maximum absolute atomic E-state index is 6.60. The van der Waals surface area contributed by atoms with Gasteiger partial charge in [-0.2, -0.15) is 0 Å². The Balaban J connectivity index is 0.000000129. The third-order valence-corrected chi connectivity index (χ3v) is 24.9. The molecular formula is C104H60N8OS. The molecule has 16 aromatic carbocycles. The van der Waals surface area contributed by atoms with E-state index in [4.69, 9.17) is 24.4 Å². The molecule has 0 aliphatic heterocycles. The first-order valence-corrected chi connectivity index (χ1v) is 39.5. The van der Waals surface area contributed by atoms with E-state index in [1.165, 1.54) is 136 Å². The predicted octanol–water partition coefficient (Wildman–Crippen LogP) is 27.7. The molecule has 0 radical (unpaired) electrons. The Labute approximate surface area is 654 Å². The van der Waals surface area contributed by atoms with Gasteiger partial charge in [-0.25, -0.2) is 19.9 Å². The van der Waals surface area contributed by atoms with Crippen molar-refractivity contribution >= 4 is 174 Å². The molecule has 10 heteroatoms. The first kappa shape index (κ1) is 62.8. The van der Waals surface area contributed by atoms with Crippen LogP contribution in [0.1, 0.15) is 0 Å². The fraction of sp³-hybridized carbons (Fsp3) is 0. The lowest BCUT2D eigenvalue weighted by molar-refractivity contribution is 0.666. The number of hydrogen-bond acceptors (Lipinski definition) is 6. The number of aromatic nitrogens is 8. The van der Waals surface area contributed by atoms with Crippen LogP contribution < -0.4 is 0 Å². The highest BCUT2D eigenvalue weighted by Gasteiger charge is 2.30. The van der Waals surface area contributed by atoms with Crippen LogP contribution in [-0.4, -0.2) is 37.9 Å². The van der Waals surface area contributed by atoms with E-state index in [0.717, 1.165) is 87.6 Å². The Hall–Kier alpha value is -15.1. The molecule has 26 aromatic rings. The minimum absolute atomic E-state index is 0.608. The maximum atomic E-state index is 6.60. The summed E-state index contributed by atoms with van der Waals surface area (Å²) in [5.74, 6) is 1.28. The maximum Gasteiger partial charge on any atom is 0.236 e. The van der Waals surface area contributed by atoms with E-state index in [1.807, 2.05) is 24.3 Å². The van der Waals surface area contributed by atoms with Crippen molar-refractivity contribution < 1.29 is 4.42 Å². The molecule has 0 aliphatic rings. The second kappa shape index (κ2) is 24.2. The molecule has 0 atom stereocenters. The van der Waals surface area contributed by atoms with Gasteiger partial charge in [-0.05, 0) is 123 Å². The average Bonchev–Trinajstić information content (AvgIpc) is 1.51. The standard InChI is InChI=1S/C52H30N4O.C52H30N4S/c2*1-3-13-31(14-4-1)33-23-25-34(26-24-33)47-51-48(38-19-9-12-22-45(38)57-51)54-52(53-47)56-42-20-10-7-17-36(42)40-30-41-39-29-35(32-15-5-2-6-16-32)27-28-44(39)55-43-21-11-8-18-37(43)46(49(41)55)50(40)56/h2*1-30H. The van der Waals surface area contributed by atoms with Crippen LogP contribution in [0, 0.1) is 0 Å². The summed E-state index contributed by atoms with van der Waals surface area (Å²) in [6, 6.07) is 130. The highest BCUT2D eigenvalue weighted by Crippen LogP contribution is 2.51. The largest absolute Gasteiger partial charge is 0.452 e. The fourth-order valence-electron chi connectivity index (χ4n) is 18.7. The topological polar surface area (TPSA) is 83.4 Å². The number of rotatable bonds is 8. The zero-order valence-corrected chi connectivity index (χ0v) is 61.9. The summed E-state index contributed by atoms with van der Waals surface area (Å²) < 4.78 is 18.5. The molecule has 0 aliphatic carbocycles. The first-order chi connectivity index (χ1) is 56.6. The van der Waals surface area contributed by atoms with Crippen molar-refractivity contribution in [2.75, 3.05) is 0 Å². The normalized spacial score (nSPS) is 12.2. The van der Waals surface area contributed by atoms with Gasteiger partial charge in [0.05, 0.1) is 71.1 Å². The van der Waals surface area contributed by atoms with Gasteiger partial charge in [0.1, 0.15) is 16.8 Å². The van der Waals surface area contributed by atoms with E-state index in [0.29, 0.717) is 17.5 Å². The van der Waals surface area contributed by atoms with E-state index >= 15 is 0 Å². The van der Waals surface area contributed by atoms with Gasteiger partial charge in [0.15, 0.2) is 5.58 Å². The molecule has 528 valence electrons. The van der Waals surface area contributed by atoms with Crippen LogP contribution in [0.4, 0.5) is 0 Å². The molecule has 0 spiro atoms. The summed E-state index contributed by atoms with van der Waals surface area (Å²) in [7, 11) is 0. The summed E-state index contributed by atoms with van der Waals surface area (Å²) in [6.45, 7) is 0. The van der Waals surface area contributed by atoms with Crippen molar-refractivity contribution in [2.24, 2.45) is 0 Å². The van der Waals surface area contributed by atoms with E-state index in [1.54, 1.807) is 11.3 Å². The summed E-state index contributed by atoms with van der Waals surface area (Å²) >= 11 is 1.77. The van der Waals surface area contributed by atoms with Gasteiger partial charge in [0.2, 0.25) is 11.9 Å². The first-order valence-electron chi connectivity index (χ1n) is 38.7. The highest BCUT2D eigenvalue weighted by molar-refractivity contribution is 7.26. The zero-order valence-electron chi connectivity index (χ0n) is 61.0. The second-order valence-corrected chi connectivity index (χ2v) is 30.9. The van der Waals surface area contributed by atoms with Crippen LogP contribution in [0.3, 0.4) is 0 Å². The van der Waals surface area contributed by atoms with E-state index in [2.05, 4.69) is 358 Å². The number of hydrogen-bond donors (Lipinski definition) is 0. The molecule has 0 N–H and O–H groups in total. The lowest BCUT2D eigenvalue weighted by Gasteiger charge is -2.11. The van der Waals surface area contributed by atoms with Crippen molar-refractivity contribution in [1.82, 2.24) is 37.9 Å². The molecule has 0 unspecified atom stereocenters. The molecule has 0 fully saturated rings. The van der Waals surface area contributed by atoms with Gasteiger partial charge in [-0.3, -0.25) is 9.13 Å². The Bertz CT molecular complexity index is 7950. The predicted molar refractivity (Wildman–Crippen MR) is 475 cm³/mol. The smallest absolute Gasteiger partial charge is 0.236 e. The van der Waals surface area contributed by atoms with Crippen LogP contribution in [0.5, 0.6) is 0 Å². The van der Waals surface area contributed by atoms with Crippen molar-refractivity contribution in [2.45, 2.75) is 0 Å². The summed E-state index contributed by atoms with van der Waals surface area (Å²) in [5.41, 5.74) is 28.1. The van der Waals surface area contributed by atoms with E-state index in [9.17, 15) is 0 Å². The SMILES string of the molecule is c1ccc(-c2ccc(-c3nc(-n4c5ccccc5c5cc6c7cc(-c8ccccc8)ccc7n7c8ccccc8c(c54)c67)nc4c3oc3ccccc34)cc2)cc1.c1ccc(-c2ccc(-c3nc(-n4c5ccccc5c5cc6c7cc(-c8ccccc8)ccc7n7c8ccccc8c(c54)c67)nc4c3sc3ccccc34)cc2)cc1. The summed E-state index contributed by atoms with van der Waals surface area (Å²) in [4.78, 5) is 22.0. The molecule has 114 heavy (non-hydrogen) atoms. The monoisotopic (exact) mass is 1470 g/mol. The zero-order chi connectivity index (χ0) is 74.4. The van der Waals surface area contributed by atoms with Gasteiger partial charge in [0, 0.05) is 91.2 Å². The van der Waals surface area contributed by atoms with Crippen molar-refractivity contribution in [3.63, 3.8) is 0 Å². The third-order valence-electron chi connectivity index (χ3n) is 23.8. The Morgan fingerprint density at radius 3 is 1.08 bits per heavy atom. The number of fused-ring (bicyclic) bond motifs is 26. The minimum atomic E-state index is 0.608. The van der Waals surface area contributed by atoms with Crippen LogP contribution >= 0.6 is 11.3 Å². The third kappa shape index (κ3) is 9.10. The quantitative estimate of drug-likeness (QED) is 0.151. The van der Waals surface area contributed by atoms with Gasteiger partial charge < -0.3 is 13.2 Å². The summed E-state index contributed by atoms with van der Waals surface area (Å²) in [6.07, 6.45) is 0. The van der Waals surface area contributed by atoms with Gasteiger partial charge >= 0.3 is 0 Å². The van der Waals surface area contributed by atoms with Crippen LogP contribution in [0.25, 0.3) is 241 Å².